The molecule has 2 N–H and O–H groups in total. The predicted molar refractivity (Wildman–Crippen MR) is 140 cm³/mol. The number of amides is 3. The molecule has 3 rings (SSSR count). The summed E-state index contributed by atoms with van der Waals surface area (Å²) in [6, 6.07) is 2.81. The largest absolute Gasteiger partial charge is 0.438 e. The summed E-state index contributed by atoms with van der Waals surface area (Å²) in [5, 5.41) is 11.8. The van der Waals surface area contributed by atoms with Gasteiger partial charge in [0.15, 0.2) is 5.78 Å². The van der Waals surface area contributed by atoms with E-state index in [0.717, 1.165) is 30.8 Å². The Morgan fingerprint density at radius 1 is 1.22 bits per heavy atom. The van der Waals surface area contributed by atoms with Crippen LogP contribution in [0.3, 0.4) is 0 Å². The zero-order chi connectivity index (χ0) is 26.1. The van der Waals surface area contributed by atoms with Crippen LogP contribution in [0.4, 0.5) is 4.79 Å². The summed E-state index contributed by atoms with van der Waals surface area (Å²) < 4.78 is 5.86. The van der Waals surface area contributed by atoms with Gasteiger partial charge in [-0.15, -0.1) is 5.10 Å². The molecule has 10 nitrogen and oxygen atoms in total. The van der Waals surface area contributed by atoms with Gasteiger partial charge in [-0.05, 0) is 64.3 Å². The van der Waals surface area contributed by atoms with Gasteiger partial charge in [-0.25, -0.2) is 4.79 Å². The molecule has 3 amide bonds. The molecular weight excluding hydrogens is 480 g/mol. The molecule has 1 atom stereocenters. The van der Waals surface area contributed by atoms with Crippen LogP contribution in [0.1, 0.15) is 69.2 Å². The lowest BCUT2D eigenvalue weighted by atomic mass is 9.88. The molecule has 0 radical (unpaired) electrons. The number of ketones is 1. The van der Waals surface area contributed by atoms with E-state index in [1.807, 2.05) is 32.8 Å². The summed E-state index contributed by atoms with van der Waals surface area (Å²) in [5.74, 6) is 0.554. The van der Waals surface area contributed by atoms with Crippen molar-refractivity contribution in [2.24, 2.45) is 11.0 Å². The topological polar surface area (TPSA) is 116 Å². The van der Waals surface area contributed by atoms with E-state index in [1.54, 1.807) is 18.3 Å². The van der Waals surface area contributed by atoms with Crippen molar-refractivity contribution in [2.45, 2.75) is 70.7 Å². The lowest BCUT2D eigenvalue weighted by Crippen LogP contribution is -2.64. The molecule has 1 aromatic heterocycles. The summed E-state index contributed by atoms with van der Waals surface area (Å²) in [5.41, 5.74) is -0.523. The normalized spacial score (nSPS) is 19.1. The molecule has 36 heavy (non-hydrogen) atoms. The van der Waals surface area contributed by atoms with Crippen LogP contribution in [0.15, 0.2) is 29.6 Å². The van der Waals surface area contributed by atoms with Crippen molar-refractivity contribution in [3.63, 3.8) is 0 Å². The number of nitrogens with one attached hydrogen (secondary N) is 2. The zero-order valence-corrected chi connectivity index (χ0v) is 22.5. The summed E-state index contributed by atoms with van der Waals surface area (Å²) in [6.07, 6.45) is 6.87. The minimum absolute atomic E-state index is 0.192. The molecule has 0 saturated heterocycles. The maximum absolute atomic E-state index is 13.5. The van der Waals surface area contributed by atoms with Gasteiger partial charge in [0.1, 0.15) is 5.66 Å². The maximum atomic E-state index is 13.5. The number of nitrogens with zero attached hydrogens (tertiary/aromatic N) is 4. The number of aromatic nitrogens is 1. The van der Waals surface area contributed by atoms with Crippen molar-refractivity contribution < 1.29 is 19.1 Å². The number of hydrogen-bond donors (Lipinski definition) is 2. The molecule has 0 bridgehead atoms. The number of hydrogen-bond acceptors (Lipinski definition) is 8. The summed E-state index contributed by atoms with van der Waals surface area (Å²) in [6.45, 7) is 4.89. The van der Waals surface area contributed by atoms with Gasteiger partial charge in [-0.1, -0.05) is 32.0 Å². The van der Waals surface area contributed by atoms with Crippen molar-refractivity contribution in [3.8, 4) is 0 Å². The van der Waals surface area contributed by atoms with Crippen LogP contribution in [0.5, 0.6) is 0 Å². The Bertz CT molecular complexity index is 934. The van der Waals surface area contributed by atoms with Gasteiger partial charge < -0.3 is 20.3 Å². The van der Waals surface area contributed by atoms with E-state index in [4.69, 9.17) is 4.74 Å². The number of carbonyl (C=O) groups is 3. The standard InChI is InChI=1S/C25H38N6O4S/c1-18(2)10-11-20(32)22-31(29-24(35-22)36-16-15-30(3)4)23(34)28-25(12-6-5-7-13-25)27-21(33)19-9-8-14-26-17-19/h8-9,14,17-18,22H,5-7,10-13,15-16H2,1-4H3,(H,27,33)(H,28,34). The summed E-state index contributed by atoms with van der Waals surface area (Å²) in [7, 11) is 3.94. The Labute approximate surface area is 217 Å². The third kappa shape index (κ3) is 7.92. The average molecular weight is 519 g/mol. The van der Waals surface area contributed by atoms with Gasteiger partial charge in [0.25, 0.3) is 17.4 Å². The maximum Gasteiger partial charge on any atom is 0.343 e. The fraction of sp³-hybridized carbons (Fsp3) is 0.640. The monoisotopic (exact) mass is 518 g/mol. The first kappa shape index (κ1) is 27.9. The molecule has 11 heteroatoms. The highest BCUT2D eigenvalue weighted by Crippen LogP contribution is 2.28. The third-order valence-corrected chi connectivity index (χ3v) is 6.98. The molecule has 2 aliphatic rings. The predicted octanol–water partition coefficient (Wildman–Crippen LogP) is 3.41. The molecule has 1 unspecified atom stereocenters. The van der Waals surface area contributed by atoms with Crippen LogP contribution in [-0.4, -0.2) is 76.1 Å². The number of ether oxygens (including phenoxy) is 1. The first-order valence-electron chi connectivity index (χ1n) is 12.6. The van der Waals surface area contributed by atoms with E-state index >= 15 is 0 Å². The van der Waals surface area contributed by atoms with Gasteiger partial charge in [-0.2, -0.15) is 5.01 Å². The average Bonchev–Trinajstić information content (AvgIpc) is 3.28. The van der Waals surface area contributed by atoms with Crippen LogP contribution >= 0.6 is 11.8 Å². The Balaban J connectivity index is 1.76. The highest BCUT2D eigenvalue weighted by molar-refractivity contribution is 8.13. The SMILES string of the molecule is CC(C)CCC(=O)C1OC(SCCN(C)C)=NN1C(=O)NC1(NC(=O)c2cccnc2)CCCCC1. The summed E-state index contributed by atoms with van der Waals surface area (Å²) in [4.78, 5) is 45.5. The number of pyridine rings is 1. The molecule has 0 spiro atoms. The molecule has 1 aliphatic heterocycles. The van der Waals surface area contributed by atoms with Crippen molar-refractivity contribution in [3.05, 3.63) is 30.1 Å². The Morgan fingerprint density at radius 3 is 2.61 bits per heavy atom. The third-order valence-electron chi connectivity index (χ3n) is 6.17. The first-order valence-corrected chi connectivity index (χ1v) is 13.6. The molecule has 1 saturated carbocycles. The van der Waals surface area contributed by atoms with Crippen molar-refractivity contribution in [1.82, 2.24) is 25.5 Å². The number of urea groups is 1. The lowest BCUT2D eigenvalue weighted by molar-refractivity contribution is -0.131. The van der Waals surface area contributed by atoms with E-state index in [-0.39, 0.29) is 11.7 Å². The fourth-order valence-electron chi connectivity index (χ4n) is 4.08. The molecule has 2 heterocycles. The van der Waals surface area contributed by atoms with Gasteiger partial charge >= 0.3 is 6.03 Å². The second-order valence-electron chi connectivity index (χ2n) is 10.0. The summed E-state index contributed by atoms with van der Waals surface area (Å²) >= 11 is 1.37. The number of Topliss-reactive ketones (excluding diaryl/α,β-unsaturated/α-hetero) is 1. The van der Waals surface area contributed by atoms with E-state index in [0.29, 0.717) is 48.1 Å². The van der Waals surface area contributed by atoms with E-state index in [1.165, 1.54) is 18.0 Å². The van der Waals surface area contributed by atoms with E-state index < -0.39 is 17.9 Å². The van der Waals surface area contributed by atoms with Crippen LogP contribution in [0.2, 0.25) is 0 Å². The van der Waals surface area contributed by atoms with Crippen molar-refractivity contribution in [2.75, 3.05) is 26.4 Å². The first-order chi connectivity index (χ1) is 17.2. The van der Waals surface area contributed by atoms with Crippen molar-refractivity contribution in [1.29, 1.82) is 0 Å². The molecular formula is C25H38N6O4S. The minimum atomic E-state index is -1.11. The lowest BCUT2D eigenvalue weighted by Gasteiger charge is -2.39. The minimum Gasteiger partial charge on any atom is -0.438 e. The molecule has 198 valence electrons. The smallest absolute Gasteiger partial charge is 0.343 e. The molecule has 0 aromatic carbocycles. The number of carbonyl (C=O) groups excluding carboxylic acids is 3. The quantitative estimate of drug-likeness (QED) is 0.456. The number of thioether (sulfide) groups is 1. The van der Waals surface area contributed by atoms with Gasteiger partial charge in [0, 0.05) is 31.1 Å². The van der Waals surface area contributed by atoms with Crippen LogP contribution < -0.4 is 10.6 Å². The zero-order valence-electron chi connectivity index (χ0n) is 21.7. The van der Waals surface area contributed by atoms with Crippen molar-refractivity contribution >= 4 is 34.7 Å². The molecule has 1 fully saturated rings. The fourth-order valence-corrected chi connectivity index (χ4v) is 5.02. The Hall–Kier alpha value is -2.66. The molecule has 1 aliphatic carbocycles. The number of hydrazone groups is 1. The van der Waals surface area contributed by atoms with Crippen LogP contribution in [0.25, 0.3) is 0 Å². The van der Waals surface area contributed by atoms with E-state index in [9.17, 15) is 14.4 Å². The Kier molecular flexibility index (Phi) is 10.1. The van der Waals surface area contributed by atoms with Gasteiger partial charge in [0.2, 0.25) is 0 Å². The van der Waals surface area contributed by atoms with Gasteiger partial charge in [0.05, 0.1) is 5.56 Å². The van der Waals surface area contributed by atoms with Gasteiger partial charge in [-0.3, -0.25) is 14.6 Å². The van der Waals surface area contributed by atoms with Crippen LogP contribution in [-0.2, 0) is 9.53 Å². The second kappa shape index (κ2) is 13.0. The highest BCUT2D eigenvalue weighted by Gasteiger charge is 2.42. The van der Waals surface area contributed by atoms with E-state index in [2.05, 4.69) is 20.7 Å². The van der Waals surface area contributed by atoms with Crippen LogP contribution in [0, 0.1) is 5.92 Å². The Morgan fingerprint density at radius 2 is 1.97 bits per heavy atom. The molecule has 1 aromatic rings. The highest BCUT2D eigenvalue weighted by atomic mass is 32.2. The second-order valence-corrected chi connectivity index (χ2v) is 11.0. The number of rotatable bonds is 10.